The minimum Gasteiger partial charge on any atom is -0.399 e. The van der Waals surface area contributed by atoms with Crippen LogP contribution in [0.15, 0.2) is 46.9 Å². The Morgan fingerprint density at radius 3 is 2.63 bits per heavy atom. The molecule has 0 heterocycles. The van der Waals surface area contributed by atoms with Gasteiger partial charge in [-0.1, -0.05) is 12.1 Å². The van der Waals surface area contributed by atoms with E-state index in [0.717, 1.165) is 21.4 Å². The summed E-state index contributed by atoms with van der Waals surface area (Å²) in [5.41, 5.74) is 14.1. The maximum absolute atomic E-state index is 11.0. The van der Waals surface area contributed by atoms with E-state index < -0.39 is 5.91 Å². The smallest absolute Gasteiger partial charge is 0.248 e. The maximum Gasteiger partial charge on any atom is 0.248 e. The summed E-state index contributed by atoms with van der Waals surface area (Å²) in [5.74, 6) is -0.442. The first-order valence-corrected chi connectivity index (χ1v) is 6.53. The second-order valence-electron chi connectivity index (χ2n) is 4.16. The summed E-state index contributed by atoms with van der Waals surface area (Å²) in [7, 11) is 0. The monoisotopic (exact) mass is 319 g/mol. The highest BCUT2D eigenvalue weighted by molar-refractivity contribution is 9.10. The molecule has 5 heteroatoms. The van der Waals surface area contributed by atoms with Crippen molar-refractivity contribution in [2.75, 3.05) is 11.1 Å². The number of nitrogen functional groups attached to an aromatic ring is 1. The topological polar surface area (TPSA) is 81.1 Å². The normalized spacial score (nSPS) is 10.2. The molecule has 4 nitrogen and oxygen atoms in total. The van der Waals surface area contributed by atoms with Gasteiger partial charge in [-0.3, -0.25) is 4.79 Å². The molecule has 0 aromatic heterocycles. The molecule has 0 aliphatic carbocycles. The average molecular weight is 320 g/mol. The third kappa shape index (κ3) is 3.48. The SMILES string of the molecule is NC(=O)c1ccc(NCc2cccc(N)c2)c(Br)c1. The summed E-state index contributed by atoms with van der Waals surface area (Å²) in [6.45, 7) is 0.652. The van der Waals surface area contributed by atoms with Crippen LogP contribution in [0.1, 0.15) is 15.9 Å². The van der Waals surface area contributed by atoms with Crippen LogP contribution >= 0.6 is 15.9 Å². The zero-order chi connectivity index (χ0) is 13.8. The van der Waals surface area contributed by atoms with Crippen molar-refractivity contribution in [2.24, 2.45) is 5.73 Å². The number of hydrogen-bond acceptors (Lipinski definition) is 3. The zero-order valence-corrected chi connectivity index (χ0v) is 11.8. The molecule has 19 heavy (non-hydrogen) atoms. The lowest BCUT2D eigenvalue weighted by molar-refractivity contribution is 0.100. The lowest BCUT2D eigenvalue weighted by Crippen LogP contribution is -2.11. The fraction of sp³-hybridized carbons (Fsp3) is 0.0714. The molecule has 2 aromatic carbocycles. The highest BCUT2D eigenvalue weighted by Crippen LogP contribution is 2.24. The number of hydrogen-bond donors (Lipinski definition) is 3. The Kier molecular flexibility index (Phi) is 4.06. The quantitative estimate of drug-likeness (QED) is 0.758. The molecule has 0 saturated heterocycles. The van der Waals surface area contributed by atoms with Gasteiger partial charge in [-0.15, -0.1) is 0 Å². The van der Waals surface area contributed by atoms with Gasteiger partial charge in [0.1, 0.15) is 0 Å². The lowest BCUT2D eigenvalue weighted by atomic mass is 10.1. The Labute approximate surface area is 119 Å². The number of nitrogens with one attached hydrogen (secondary N) is 1. The van der Waals surface area contributed by atoms with Crippen molar-refractivity contribution in [3.8, 4) is 0 Å². The van der Waals surface area contributed by atoms with Crippen LogP contribution in [0.4, 0.5) is 11.4 Å². The number of carbonyl (C=O) groups is 1. The summed E-state index contributed by atoms with van der Waals surface area (Å²) < 4.78 is 0.799. The van der Waals surface area contributed by atoms with E-state index in [-0.39, 0.29) is 0 Å². The Morgan fingerprint density at radius 1 is 1.21 bits per heavy atom. The summed E-state index contributed by atoms with van der Waals surface area (Å²) in [5, 5.41) is 3.27. The van der Waals surface area contributed by atoms with Crippen LogP contribution in [0.3, 0.4) is 0 Å². The molecular formula is C14H14BrN3O. The molecule has 5 N–H and O–H groups in total. The van der Waals surface area contributed by atoms with Gasteiger partial charge in [0, 0.05) is 28.0 Å². The number of halogens is 1. The third-order valence-electron chi connectivity index (χ3n) is 2.69. The molecule has 2 aromatic rings. The van der Waals surface area contributed by atoms with Gasteiger partial charge in [0.05, 0.1) is 0 Å². The average Bonchev–Trinajstić information content (AvgIpc) is 2.37. The van der Waals surface area contributed by atoms with Crippen molar-refractivity contribution >= 4 is 33.2 Å². The van der Waals surface area contributed by atoms with E-state index in [0.29, 0.717) is 12.1 Å². The van der Waals surface area contributed by atoms with E-state index in [2.05, 4.69) is 21.2 Å². The molecule has 0 saturated carbocycles. The van der Waals surface area contributed by atoms with Gasteiger partial charge in [0.25, 0.3) is 0 Å². The Morgan fingerprint density at radius 2 is 2.00 bits per heavy atom. The van der Waals surface area contributed by atoms with Crippen LogP contribution in [0.5, 0.6) is 0 Å². The van der Waals surface area contributed by atoms with Crippen molar-refractivity contribution in [2.45, 2.75) is 6.54 Å². The zero-order valence-electron chi connectivity index (χ0n) is 10.2. The minimum atomic E-state index is -0.442. The first kappa shape index (κ1) is 13.4. The summed E-state index contributed by atoms with van der Waals surface area (Å²) in [6, 6.07) is 12.9. The van der Waals surface area contributed by atoms with Crippen molar-refractivity contribution in [3.05, 3.63) is 58.1 Å². The first-order chi connectivity index (χ1) is 9.06. The summed E-state index contributed by atoms with van der Waals surface area (Å²) in [6.07, 6.45) is 0. The first-order valence-electron chi connectivity index (χ1n) is 5.74. The second kappa shape index (κ2) is 5.75. The predicted octanol–water partition coefficient (Wildman–Crippen LogP) is 2.74. The highest BCUT2D eigenvalue weighted by atomic mass is 79.9. The van der Waals surface area contributed by atoms with Crippen molar-refractivity contribution in [1.82, 2.24) is 0 Å². The van der Waals surface area contributed by atoms with Crippen LogP contribution in [0, 0.1) is 0 Å². The molecule has 0 fully saturated rings. The second-order valence-corrected chi connectivity index (χ2v) is 5.01. The van der Waals surface area contributed by atoms with E-state index >= 15 is 0 Å². The Bertz CT molecular complexity index is 613. The van der Waals surface area contributed by atoms with Crippen LogP contribution < -0.4 is 16.8 Å². The number of carbonyl (C=O) groups excluding carboxylic acids is 1. The van der Waals surface area contributed by atoms with Gasteiger partial charge in [-0.2, -0.15) is 0 Å². The fourth-order valence-electron chi connectivity index (χ4n) is 1.71. The number of benzene rings is 2. The Balaban J connectivity index is 2.10. The molecule has 1 amide bonds. The molecular weight excluding hydrogens is 306 g/mol. The maximum atomic E-state index is 11.0. The number of primary amides is 1. The molecule has 0 unspecified atom stereocenters. The van der Waals surface area contributed by atoms with Gasteiger partial charge in [0.15, 0.2) is 0 Å². The van der Waals surface area contributed by atoms with Gasteiger partial charge in [-0.25, -0.2) is 0 Å². The lowest BCUT2D eigenvalue weighted by Gasteiger charge is -2.10. The molecule has 0 atom stereocenters. The van der Waals surface area contributed by atoms with Gasteiger partial charge in [-0.05, 0) is 51.8 Å². The summed E-state index contributed by atoms with van der Waals surface area (Å²) in [4.78, 5) is 11.0. The van der Waals surface area contributed by atoms with E-state index in [1.165, 1.54) is 0 Å². The molecule has 0 radical (unpaired) electrons. The number of nitrogens with two attached hydrogens (primary N) is 2. The molecule has 0 aliphatic heterocycles. The number of rotatable bonds is 4. The van der Waals surface area contributed by atoms with E-state index in [4.69, 9.17) is 11.5 Å². The van der Waals surface area contributed by atoms with Crippen LogP contribution in [-0.2, 0) is 6.54 Å². The number of anilines is 2. The minimum absolute atomic E-state index is 0.442. The predicted molar refractivity (Wildman–Crippen MR) is 80.8 cm³/mol. The molecule has 2 rings (SSSR count). The third-order valence-corrected chi connectivity index (χ3v) is 3.34. The Hall–Kier alpha value is -2.01. The number of amides is 1. The molecule has 0 bridgehead atoms. The highest BCUT2D eigenvalue weighted by Gasteiger charge is 2.05. The van der Waals surface area contributed by atoms with Crippen molar-refractivity contribution in [1.29, 1.82) is 0 Å². The van der Waals surface area contributed by atoms with Crippen LogP contribution in [0.25, 0.3) is 0 Å². The molecule has 0 aliphatic rings. The molecule has 0 spiro atoms. The van der Waals surface area contributed by atoms with E-state index in [1.807, 2.05) is 30.3 Å². The van der Waals surface area contributed by atoms with Gasteiger partial charge >= 0.3 is 0 Å². The van der Waals surface area contributed by atoms with Crippen molar-refractivity contribution < 1.29 is 4.79 Å². The summed E-state index contributed by atoms with van der Waals surface area (Å²) >= 11 is 3.41. The van der Waals surface area contributed by atoms with Crippen LogP contribution in [-0.4, -0.2) is 5.91 Å². The van der Waals surface area contributed by atoms with Gasteiger partial charge in [0.2, 0.25) is 5.91 Å². The largest absolute Gasteiger partial charge is 0.399 e. The van der Waals surface area contributed by atoms with Crippen LogP contribution in [0.2, 0.25) is 0 Å². The molecule has 98 valence electrons. The van der Waals surface area contributed by atoms with Crippen molar-refractivity contribution in [3.63, 3.8) is 0 Å². The van der Waals surface area contributed by atoms with E-state index in [9.17, 15) is 4.79 Å². The fourth-order valence-corrected chi connectivity index (χ4v) is 2.23. The van der Waals surface area contributed by atoms with E-state index in [1.54, 1.807) is 12.1 Å². The van der Waals surface area contributed by atoms with Gasteiger partial charge < -0.3 is 16.8 Å². The standard InChI is InChI=1S/C14H14BrN3O/c15-12-7-10(14(17)19)4-5-13(12)18-8-9-2-1-3-11(16)6-9/h1-7,18H,8,16H2,(H2,17,19).